The van der Waals surface area contributed by atoms with Crippen molar-refractivity contribution in [2.75, 3.05) is 31.1 Å². The Bertz CT molecular complexity index is 866. The van der Waals surface area contributed by atoms with Crippen LogP contribution in [0.25, 0.3) is 4.85 Å². The maximum Gasteiger partial charge on any atom is 0.226 e. The average Bonchev–Trinajstić information content (AvgIpc) is 2.71. The highest BCUT2D eigenvalue weighted by atomic mass is 16.5. The summed E-state index contributed by atoms with van der Waals surface area (Å²) >= 11 is 0. The molecule has 2 aliphatic rings. The Kier molecular flexibility index (Phi) is 5.59. The van der Waals surface area contributed by atoms with Crippen LogP contribution in [0, 0.1) is 6.57 Å². The van der Waals surface area contributed by atoms with Gasteiger partial charge in [0.1, 0.15) is 11.9 Å². The Morgan fingerprint density at radius 1 is 1.07 bits per heavy atom. The second-order valence-corrected chi connectivity index (χ2v) is 7.49. The molecule has 5 nitrogen and oxygen atoms in total. The molecule has 5 heteroatoms. The van der Waals surface area contributed by atoms with E-state index in [1.807, 2.05) is 23.1 Å². The van der Waals surface area contributed by atoms with E-state index in [4.69, 9.17) is 11.3 Å². The first-order chi connectivity index (χ1) is 13.7. The molecular formula is C23H25N3O2. The Hall–Kier alpha value is -2.84. The molecule has 0 radical (unpaired) electrons. The number of hydrogen-bond donors (Lipinski definition) is 0. The van der Waals surface area contributed by atoms with Crippen molar-refractivity contribution in [2.45, 2.75) is 31.8 Å². The highest BCUT2D eigenvalue weighted by Crippen LogP contribution is 2.26. The van der Waals surface area contributed by atoms with Crippen LogP contribution in [0.4, 0.5) is 11.4 Å². The van der Waals surface area contributed by atoms with Crippen LogP contribution in [0.5, 0.6) is 5.75 Å². The molecule has 0 unspecified atom stereocenters. The van der Waals surface area contributed by atoms with Gasteiger partial charge in [-0.1, -0.05) is 30.3 Å². The van der Waals surface area contributed by atoms with E-state index in [-0.39, 0.29) is 12.0 Å². The van der Waals surface area contributed by atoms with Crippen molar-refractivity contribution < 1.29 is 9.53 Å². The fourth-order valence-corrected chi connectivity index (χ4v) is 3.90. The van der Waals surface area contributed by atoms with Crippen LogP contribution < -0.4 is 9.64 Å². The molecule has 0 bridgehead atoms. The van der Waals surface area contributed by atoms with E-state index < -0.39 is 0 Å². The first-order valence-electron chi connectivity index (χ1n) is 9.98. The van der Waals surface area contributed by atoms with E-state index in [0.717, 1.165) is 56.9 Å². The fraction of sp³-hybridized carbons (Fsp3) is 0.391. The van der Waals surface area contributed by atoms with Gasteiger partial charge in [0.25, 0.3) is 0 Å². The lowest BCUT2D eigenvalue weighted by Crippen LogP contribution is -2.54. The minimum absolute atomic E-state index is 0.206. The summed E-state index contributed by atoms with van der Waals surface area (Å²) in [6.07, 6.45) is 3.90. The summed E-state index contributed by atoms with van der Waals surface area (Å²) in [5.74, 6) is 1.08. The number of anilines is 1. The molecule has 28 heavy (non-hydrogen) atoms. The van der Waals surface area contributed by atoms with Gasteiger partial charge in [-0.05, 0) is 43.0 Å². The summed E-state index contributed by atoms with van der Waals surface area (Å²) in [5, 5.41) is 0. The molecule has 0 aliphatic carbocycles. The van der Waals surface area contributed by atoms with Crippen LogP contribution in [0.3, 0.4) is 0 Å². The van der Waals surface area contributed by atoms with Gasteiger partial charge in [0, 0.05) is 38.3 Å². The zero-order valence-electron chi connectivity index (χ0n) is 16.0. The lowest BCUT2D eigenvalue weighted by molar-refractivity contribution is -0.119. The summed E-state index contributed by atoms with van der Waals surface area (Å²) in [4.78, 5) is 20.0. The molecule has 0 atom stereocenters. The third kappa shape index (κ3) is 4.18. The lowest BCUT2D eigenvalue weighted by Gasteiger charge is -2.39. The Labute approximate surface area is 166 Å². The molecule has 0 aromatic heterocycles. The van der Waals surface area contributed by atoms with Gasteiger partial charge in [0.05, 0.1) is 6.57 Å². The smallest absolute Gasteiger partial charge is 0.226 e. The number of amides is 1. The van der Waals surface area contributed by atoms with E-state index in [1.54, 1.807) is 12.1 Å². The SMILES string of the molecule is [C-]#[N+]c1ccc(OC2CN(CCc3ccccc3N3CCCCC3=O)C2)cc1. The Balaban J connectivity index is 1.28. The van der Waals surface area contributed by atoms with Gasteiger partial charge in [-0.25, -0.2) is 4.85 Å². The summed E-state index contributed by atoms with van der Waals surface area (Å²) < 4.78 is 5.97. The maximum absolute atomic E-state index is 12.3. The topological polar surface area (TPSA) is 37.1 Å². The van der Waals surface area contributed by atoms with Gasteiger partial charge in [0.2, 0.25) is 5.91 Å². The van der Waals surface area contributed by atoms with Gasteiger partial charge in [-0.2, -0.15) is 0 Å². The normalized spacial score (nSPS) is 17.8. The summed E-state index contributed by atoms with van der Waals surface area (Å²) in [5.41, 5.74) is 2.96. The second kappa shape index (κ2) is 8.45. The highest BCUT2D eigenvalue weighted by molar-refractivity contribution is 5.94. The van der Waals surface area contributed by atoms with E-state index in [1.165, 1.54) is 5.56 Å². The summed E-state index contributed by atoms with van der Waals surface area (Å²) in [6.45, 7) is 10.6. The minimum atomic E-state index is 0.206. The van der Waals surface area contributed by atoms with Crippen LogP contribution in [-0.2, 0) is 11.2 Å². The monoisotopic (exact) mass is 375 g/mol. The number of carbonyl (C=O) groups excluding carboxylic acids is 1. The molecule has 2 heterocycles. The molecule has 2 aliphatic heterocycles. The van der Waals surface area contributed by atoms with Crippen LogP contribution in [-0.4, -0.2) is 43.1 Å². The number of hydrogen-bond acceptors (Lipinski definition) is 3. The number of rotatable bonds is 6. The van der Waals surface area contributed by atoms with Crippen LogP contribution in [0.2, 0.25) is 0 Å². The van der Waals surface area contributed by atoms with Crippen LogP contribution in [0.15, 0.2) is 48.5 Å². The van der Waals surface area contributed by atoms with Crippen LogP contribution in [0.1, 0.15) is 24.8 Å². The van der Waals surface area contributed by atoms with Crippen molar-refractivity contribution in [3.05, 3.63) is 65.5 Å². The number of para-hydroxylation sites is 1. The van der Waals surface area contributed by atoms with Crippen molar-refractivity contribution in [1.29, 1.82) is 0 Å². The van der Waals surface area contributed by atoms with Crippen molar-refractivity contribution in [3.63, 3.8) is 0 Å². The predicted octanol–water partition coefficient (Wildman–Crippen LogP) is 4.06. The van der Waals surface area contributed by atoms with Crippen molar-refractivity contribution in [3.8, 4) is 5.75 Å². The molecule has 2 saturated heterocycles. The predicted molar refractivity (Wildman–Crippen MR) is 110 cm³/mol. The van der Waals surface area contributed by atoms with E-state index >= 15 is 0 Å². The molecule has 2 aromatic rings. The second-order valence-electron chi connectivity index (χ2n) is 7.49. The van der Waals surface area contributed by atoms with Gasteiger partial charge in [-0.15, -0.1) is 0 Å². The van der Waals surface area contributed by atoms with Crippen molar-refractivity contribution >= 4 is 17.3 Å². The first-order valence-corrected chi connectivity index (χ1v) is 9.98. The minimum Gasteiger partial charge on any atom is -0.488 e. The lowest BCUT2D eigenvalue weighted by atomic mass is 10.0. The molecular weight excluding hydrogens is 350 g/mol. The van der Waals surface area contributed by atoms with E-state index in [0.29, 0.717) is 12.1 Å². The third-order valence-electron chi connectivity index (χ3n) is 5.50. The summed E-state index contributed by atoms with van der Waals surface area (Å²) in [7, 11) is 0. The van der Waals surface area contributed by atoms with E-state index in [9.17, 15) is 4.79 Å². The molecule has 144 valence electrons. The number of benzene rings is 2. The van der Waals surface area contributed by atoms with Crippen LogP contribution >= 0.6 is 0 Å². The molecule has 2 aromatic carbocycles. The Morgan fingerprint density at radius 3 is 2.61 bits per heavy atom. The Morgan fingerprint density at radius 2 is 1.86 bits per heavy atom. The first kappa shape index (κ1) is 18.5. The zero-order valence-corrected chi connectivity index (χ0v) is 16.0. The molecule has 2 fully saturated rings. The number of likely N-dealkylation sites (tertiary alicyclic amines) is 1. The van der Waals surface area contributed by atoms with Gasteiger partial charge in [-0.3, -0.25) is 9.69 Å². The molecule has 4 rings (SSSR count). The van der Waals surface area contributed by atoms with Crippen molar-refractivity contribution in [2.24, 2.45) is 0 Å². The fourth-order valence-electron chi connectivity index (χ4n) is 3.90. The maximum atomic E-state index is 12.3. The standard InChI is InChI=1S/C23H25N3O2/c1-24-19-9-11-20(12-10-19)28-21-16-25(17-21)15-13-18-6-2-3-7-22(18)26-14-5-4-8-23(26)27/h2-3,6-7,9-12,21H,4-5,8,13-17H2. The number of nitrogens with zero attached hydrogens (tertiary/aromatic N) is 3. The number of ether oxygens (including phenoxy) is 1. The van der Waals surface area contributed by atoms with E-state index in [2.05, 4.69) is 27.9 Å². The largest absolute Gasteiger partial charge is 0.488 e. The molecule has 0 spiro atoms. The summed E-state index contributed by atoms with van der Waals surface area (Å²) in [6, 6.07) is 15.6. The van der Waals surface area contributed by atoms with Gasteiger partial charge < -0.3 is 9.64 Å². The third-order valence-corrected chi connectivity index (χ3v) is 5.50. The average molecular weight is 375 g/mol. The molecule has 0 N–H and O–H groups in total. The van der Waals surface area contributed by atoms with Gasteiger partial charge in [0.15, 0.2) is 5.69 Å². The zero-order chi connectivity index (χ0) is 19.3. The number of carbonyl (C=O) groups is 1. The molecule has 0 saturated carbocycles. The quantitative estimate of drug-likeness (QED) is 0.715. The number of piperidine rings is 1. The van der Waals surface area contributed by atoms with Gasteiger partial charge >= 0.3 is 0 Å². The van der Waals surface area contributed by atoms with Crippen molar-refractivity contribution in [1.82, 2.24) is 4.90 Å². The highest BCUT2D eigenvalue weighted by Gasteiger charge is 2.28. The molecule has 1 amide bonds.